The third-order valence-electron chi connectivity index (χ3n) is 5.53. The summed E-state index contributed by atoms with van der Waals surface area (Å²) >= 11 is 0. The van der Waals surface area contributed by atoms with Gasteiger partial charge in [0.15, 0.2) is 0 Å². The monoisotopic (exact) mass is 428 g/mol. The van der Waals surface area contributed by atoms with Crippen LogP contribution in [0.1, 0.15) is 16.8 Å². The Morgan fingerprint density at radius 1 is 1.03 bits per heavy atom. The number of pyridine rings is 1. The molecule has 0 aliphatic carbocycles. The van der Waals surface area contributed by atoms with Crippen LogP contribution in [-0.4, -0.2) is 25.8 Å². The summed E-state index contributed by atoms with van der Waals surface area (Å²) in [6.07, 6.45) is 3.31. The molecular formula is C25H21FN4O2. The molecule has 1 aliphatic rings. The molecule has 0 saturated heterocycles. The molecule has 0 saturated carbocycles. The Morgan fingerprint density at radius 3 is 2.59 bits per heavy atom. The molecule has 0 fully saturated rings. The van der Waals surface area contributed by atoms with Gasteiger partial charge in [0.05, 0.1) is 18.8 Å². The predicted octanol–water partition coefficient (Wildman–Crippen LogP) is 4.94. The topological polar surface area (TPSA) is 60.2 Å². The van der Waals surface area contributed by atoms with Crippen LogP contribution in [0.25, 0.3) is 22.4 Å². The number of aryl methyl sites for hydroxylation is 1. The molecular weight excluding hydrogens is 407 g/mol. The number of hydrogen-bond donors (Lipinski definition) is 0. The molecule has 5 rings (SSSR count). The van der Waals surface area contributed by atoms with Gasteiger partial charge in [0.2, 0.25) is 0 Å². The van der Waals surface area contributed by atoms with Crippen molar-refractivity contribution in [2.24, 2.45) is 7.05 Å². The Bertz CT molecular complexity index is 1270. The van der Waals surface area contributed by atoms with Crippen LogP contribution in [0.2, 0.25) is 0 Å². The maximum absolute atomic E-state index is 13.4. The molecule has 0 spiro atoms. The van der Waals surface area contributed by atoms with E-state index in [-0.39, 0.29) is 18.5 Å². The first-order valence-electron chi connectivity index (χ1n) is 10.3. The van der Waals surface area contributed by atoms with Crippen LogP contribution >= 0.6 is 0 Å². The van der Waals surface area contributed by atoms with Gasteiger partial charge in [-0.25, -0.2) is 9.18 Å². The third kappa shape index (κ3) is 3.85. The van der Waals surface area contributed by atoms with Gasteiger partial charge in [-0.3, -0.25) is 14.6 Å². The number of aromatic nitrogens is 3. The van der Waals surface area contributed by atoms with Crippen molar-refractivity contribution < 1.29 is 13.9 Å². The highest BCUT2D eigenvalue weighted by Gasteiger charge is 2.29. The van der Waals surface area contributed by atoms with Gasteiger partial charge in [-0.15, -0.1) is 0 Å². The smallest absolute Gasteiger partial charge is 0.410 e. The normalized spacial score (nSPS) is 12.6. The van der Waals surface area contributed by atoms with Gasteiger partial charge in [-0.05, 0) is 41.5 Å². The minimum Gasteiger partial charge on any atom is -0.445 e. The lowest BCUT2D eigenvalue weighted by molar-refractivity contribution is 0.0953. The van der Waals surface area contributed by atoms with Gasteiger partial charge < -0.3 is 4.74 Å². The fourth-order valence-electron chi connectivity index (χ4n) is 3.97. The fourth-order valence-corrected chi connectivity index (χ4v) is 3.97. The van der Waals surface area contributed by atoms with Crippen LogP contribution < -0.4 is 0 Å². The summed E-state index contributed by atoms with van der Waals surface area (Å²) in [4.78, 5) is 18.8. The average Bonchev–Trinajstić information content (AvgIpc) is 3.42. The van der Waals surface area contributed by atoms with E-state index >= 15 is 0 Å². The molecule has 2 aromatic heterocycles. The molecule has 1 amide bonds. The summed E-state index contributed by atoms with van der Waals surface area (Å²) in [5.41, 5.74) is 6.21. The molecule has 0 atom stereocenters. The minimum absolute atomic E-state index is 0.226. The molecule has 1 aliphatic heterocycles. The summed E-state index contributed by atoms with van der Waals surface area (Å²) in [6, 6.07) is 17.8. The lowest BCUT2D eigenvalue weighted by Gasteiger charge is -2.15. The van der Waals surface area contributed by atoms with Crippen molar-refractivity contribution in [2.45, 2.75) is 19.7 Å². The number of ether oxygens (including phenoxy) is 1. The van der Waals surface area contributed by atoms with E-state index in [0.717, 1.165) is 39.2 Å². The lowest BCUT2D eigenvalue weighted by atomic mass is 9.98. The van der Waals surface area contributed by atoms with Crippen LogP contribution in [0.4, 0.5) is 9.18 Å². The van der Waals surface area contributed by atoms with Crippen molar-refractivity contribution in [2.75, 3.05) is 0 Å². The molecule has 0 radical (unpaired) electrons. The highest BCUT2D eigenvalue weighted by Crippen LogP contribution is 2.36. The summed E-state index contributed by atoms with van der Waals surface area (Å²) in [6.45, 7) is 1.02. The van der Waals surface area contributed by atoms with Gasteiger partial charge in [-0.1, -0.05) is 30.3 Å². The summed E-state index contributed by atoms with van der Waals surface area (Å²) in [7, 11) is 1.85. The lowest BCUT2D eigenvalue weighted by Crippen LogP contribution is -2.26. The fraction of sp³-hybridized carbons (Fsp3) is 0.160. The molecule has 3 heterocycles. The predicted molar refractivity (Wildman–Crippen MR) is 118 cm³/mol. The molecule has 2 aromatic carbocycles. The maximum atomic E-state index is 13.4. The zero-order valence-corrected chi connectivity index (χ0v) is 17.5. The molecule has 4 aromatic rings. The number of halogens is 1. The zero-order valence-electron chi connectivity index (χ0n) is 17.5. The summed E-state index contributed by atoms with van der Waals surface area (Å²) in [5, 5.41) is 4.60. The van der Waals surface area contributed by atoms with Gasteiger partial charge in [-0.2, -0.15) is 5.10 Å². The van der Waals surface area contributed by atoms with E-state index < -0.39 is 0 Å². The quantitative estimate of drug-likeness (QED) is 0.462. The van der Waals surface area contributed by atoms with E-state index in [1.54, 1.807) is 27.9 Å². The number of carbonyl (C=O) groups excluding carboxylic acids is 1. The number of benzene rings is 2. The van der Waals surface area contributed by atoms with Crippen molar-refractivity contribution in [3.05, 3.63) is 95.7 Å². The van der Waals surface area contributed by atoms with Crippen molar-refractivity contribution >= 4 is 6.09 Å². The first-order chi connectivity index (χ1) is 15.6. The first-order valence-corrected chi connectivity index (χ1v) is 10.3. The van der Waals surface area contributed by atoms with Crippen LogP contribution in [0.3, 0.4) is 0 Å². The molecule has 6 nitrogen and oxygen atoms in total. The number of hydrogen-bond acceptors (Lipinski definition) is 4. The Labute approximate surface area is 184 Å². The Kier molecular flexibility index (Phi) is 5.15. The summed E-state index contributed by atoms with van der Waals surface area (Å²) < 4.78 is 20.7. The number of fused-ring (bicyclic) bond motifs is 1. The number of carbonyl (C=O) groups is 1. The van der Waals surface area contributed by atoms with Crippen LogP contribution in [0.5, 0.6) is 0 Å². The first kappa shape index (κ1) is 19.9. The van der Waals surface area contributed by atoms with Crippen LogP contribution in [0.15, 0.2) is 73.1 Å². The maximum Gasteiger partial charge on any atom is 0.410 e. The second-order valence-corrected chi connectivity index (χ2v) is 7.75. The summed E-state index contributed by atoms with van der Waals surface area (Å²) in [5.74, 6) is -0.291. The zero-order chi connectivity index (χ0) is 22.1. The van der Waals surface area contributed by atoms with Crippen LogP contribution in [0, 0.1) is 5.82 Å². The highest BCUT2D eigenvalue weighted by molar-refractivity contribution is 5.83. The van der Waals surface area contributed by atoms with Crippen LogP contribution in [-0.2, 0) is 31.5 Å². The molecule has 0 unspecified atom stereocenters. The van der Waals surface area contributed by atoms with Gasteiger partial charge in [0.25, 0.3) is 0 Å². The van der Waals surface area contributed by atoms with E-state index in [1.165, 1.54) is 12.1 Å². The minimum atomic E-state index is -0.372. The highest BCUT2D eigenvalue weighted by atomic mass is 19.1. The Morgan fingerprint density at radius 2 is 1.81 bits per heavy atom. The molecule has 32 heavy (non-hydrogen) atoms. The van der Waals surface area contributed by atoms with E-state index in [9.17, 15) is 9.18 Å². The second kappa shape index (κ2) is 8.26. The second-order valence-electron chi connectivity index (χ2n) is 7.75. The molecule has 0 N–H and O–H groups in total. The number of amides is 1. The van der Waals surface area contributed by atoms with E-state index in [1.807, 2.05) is 49.6 Å². The van der Waals surface area contributed by atoms with Crippen molar-refractivity contribution in [3.8, 4) is 22.4 Å². The van der Waals surface area contributed by atoms with Gasteiger partial charge >= 0.3 is 6.09 Å². The Balaban J connectivity index is 1.41. The average molecular weight is 428 g/mol. The standard InChI is InChI=1S/C25H21FN4O2/c1-29-13-22(24(28-29)18-7-9-19(26)10-8-18)20-11-12-27-23-15-30(14-21(20)23)25(31)32-16-17-5-3-2-4-6-17/h2-13H,14-16H2,1H3. The third-order valence-corrected chi connectivity index (χ3v) is 5.53. The van der Waals surface area contributed by atoms with E-state index in [4.69, 9.17) is 4.74 Å². The van der Waals surface area contributed by atoms with E-state index in [0.29, 0.717) is 13.1 Å². The van der Waals surface area contributed by atoms with E-state index in [2.05, 4.69) is 10.1 Å². The van der Waals surface area contributed by atoms with Gasteiger partial charge in [0.1, 0.15) is 18.1 Å². The molecule has 7 heteroatoms. The molecule has 160 valence electrons. The Hall–Kier alpha value is -4.00. The number of rotatable bonds is 4. The largest absolute Gasteiger partial charge is 0.445 e. The number of nitrogens with zero attached hydrogens (tertiary/aromatic N) is 4. The molecule has 0 bridgehead atoms. The van der Waals surface area contributed by atoms with Crippen molar-refractivity contribution in [1.29, 1.82) is 0 Å². The van der Waals surface area contributed by atoms with Gasteiger partial charge in [0, 0.05) is 36.1 Å². The SMILES string of the molecule is Cn1cc(-c2ccnc3c2CN(C(=O)OCc2ccccc2)C3)c(-c2ccc(F)cc2)n1. The van der Waals surface area contributed by atoms with Crippen molar-refractivity contribution in [1.82, 2.24) is 19.7 Å². The van der Waals surface area contributed by atoms with Crippen molar-refractivity contribution in [3.63, 3.8) is 0 Å².